The van der Waals surface area contributed by atoms with Crippen molar-refractivity contribution in [3.05, 3.63) is 240 Å². The SMILES string of the molecule is C.CC1=C(C)C(=O)C(CCCC2=NC=CC2)=C(C)C1=O.CC1=C(C)C(=O)C(CCCn2c(C)cc3ccccc32)=C(C)C1=O.CC1=C(C)C(=O)C(CCCn2ccc3ccccc32)=C(C)C1=O.CC1=C(C)C(=O)C(CCCn2cccc2)=C(C)C1=O.CC1=C(C)C(=O)C(CCCn2ccnc2)=C(C)C1=O. The van der Waals surface area contributed by atoms with Crippen molar-refractivity contribution >= 4 is 85.3 Å². The number of carbonyl (C=O) groups is 10. The van der Waals surface area contributed by atoms with Crippen LogP contribution in [-0.2, 0) is 74.1 Å². The fourth-order valence-corrected chi connectivity index (χ4v) is 14.0. The van der Waals surface area contributed by atoms with Crippen LogP contribution >= 0.6 is 0 Å². The number of rotatable bonds is 20. The largest absolute Gasteiger partial charge is 0.354 e. The van der Waals surface area contributed by atoms with E-state index < -0.39 is 0 Å². The first-order valence-corrected chi connectivity index (χ1v) is 36.2. The fourth-order valence-electron chi connectivity index (χ4n) is 14.0. The van der Waals surface area contributed by atoms with E-state index in [0.29, 0.717) is 144 Å². The molecule has 0 atom stereocenters. The Morgan fingerprint density at radius 1 is 0.333 bits per heavy atom. The summed E-state index contributed by atoms with van der Waals surface area (Å²) in [7, 11) is 0. The molecule has 0 saturated carbocycles. The summed E-state index contributed by atoms with van der Waals surface area (Å²) in [6.45, 7) is 31.7. The van der Waals surface area contributed by atoms with Crippen LogP contribution in [-0.4, -0.2) is 86.8 Å². The normalized spacial score (nSPS) is 16.7. The molecule has 0 unspecified atom stereocenters. The Hall–Kier alpha value is -10.5. The summed E-state index contributed by atoms with van der Waals surface area (Å²) < 4.78 is 8.54. The third-order valence-corrected chi connectivity index (χ3v) is 21.4. The maximum absolute atomic E-state index is 12.5. The van der Waals surface area contributed by atoms with E-state index in [1.54, 1.807) is 116 Å². The average Bonchev–Trinajstić information content (AvgIpc) is 1.78. The van der Waals surface area contributed by atoms with Crippen molar-refractivity contribution in [2.45, 2.75) is 221 Å². The van der Waals surface area contributed by atoms with Crippen LogP contribution in [0.3, 0.4) is 0 Å². The lowest BCUT2D eigenvalue weighted by Gasteiger charge is -2.19. The molecule has 4 aromatic heterocycles. The minimum atomic E-state index is 0. The highest BCUT2D eigenvalue weighted by atomic mass is 16.2. The molecule has 6 aliphatic rings. The second kappa shape index (κ2) is 36.8. The van der Waals surface area contributed by atoms with E-state index in [4.69, 9.17) is 0 Å². The summed E-state index contributed by atoms with van der Waals surface area (Å²) in [6.07, 6.45) is 24.7. The minimum Gasteiger partial charge on any atom is -0.354 e. The Balaban J connectivity index is 0.000000184. The van der Waals surface area contributed by atoms with Crippen molar-refractivity contribution in [2.75, 3.05) is 0 Å². The third kappa shape index (κ3) is 18.9. The zero-order chi connectivity index (χ0) is 76.0. The Morgan fingerprint density at radius 3 is 1.10 bits per heavy atom. The van der Waals surface area contributed by atoms with Gasteiger partial charge in [-0.2, -0.15) is 0 Å². The number of fused-ring (bicyclic) bond motifs is 2. The molecule has 5 aliphatic carbocycles. The maximum atomic E-state index is 12.5. The molecule has 6 aromatic rings. The van der Waals surface area contributed by atoms with E-state index >= 15 is 0 Å². The Bertz CT molecular complexity index is 4790. The maximum Gasteiger partial charge on any atom is 0.185 e. The van der Waals surface area contributed by atoms with Gasteiger partial charge in [-0.25, -0.2) is 4.98 Å². The topological polar surface area (TPSA) is 216 Å². The number of nitrogens with zero attached hydrogens (tertiary/aromatic N) is 6. The van der Waals surface area contributed by atoms with Crippen LogP contribution in [0.1, 0.15) is 194 Å². The van der Waals surface area contributed by atoms with E-state index in [1.807, 2.05) is 71.8 Å². The number of aliphatic imine (C=N–C) groups is 1. The molecule has 0 amide bonds. The van der Waals surface area contributed by atoms with Crippen LogP contribution in [0.25, 0.3) is 21.8 Å². The molecule has 1 aliphatic heterocycles. The Labute approximate surface area is 619 Å². The first kappa shape index (κ1) is 81.8. The number of para-hydroxylation sites is 2. The first-order valence-electron chi connectivity index (χ1n) is 36.2. The predicted octanol–water partition coefficient (Wildman–Crippen LogP) is 18.3. The lowest BCUT2D eigenvalue weighted by atomic mass is 9.84. The van der Waals surface area contributed by atoms with Gasteiger partial charge in [0.05, 0.1) is 6.33 Å². The molecule has 12 rings (SSSR count). The molecule has 5 heterocycles. The van der Waals surface area contributed by atoms with Gasteiger partial charge in [0, 0.05) is 204 Å². The van der Waals surface area contributed by atoms with Gasteiger partial charge in [-0.15, -0.1) is 0 Å². The highest BCUT2D eigenvalue weighted by Crippen LogP contribution is 2.33. The van der Waals surface area contributed by atoms with Crippen LogP contribution in [0.15, 0.2) is 239 Å². The van der Waals surface area contributed by atoms with Gasteiger partial charge in [-0.1, -0.05) is 49.9 Å². The van der Waals surface area contributed by atoms with Crippen LogP contribution in [0.5, 0.6) is 0 Å². The quantitative estimate of drug-likeness (QED) is 0.0655. The third-order valence-electron chi connectivity index (χ3n) is 21.4. The molecular weight excluding hydrogens is 1310 g/mol. The van der Waals surface area contributed by atoms with Crippen molar-refractivity contribution < 1.29 is 47.9 Å². The van der Waals surface area contributed by atoms with Gasteiger partial charge in [0.1, 0.15) is 0 Å². The van der Waals surface area contributed by atoms with Gasteiger partial charge >= 0.3 is 0 Å². The molecule has 0 fully saturated rings. The van der Waals surface area contributed by atoms with Gasteiger partial charge in [0.25, 0.3) is 0 Å². The van der Waals surface area contributed by atoms with Crippen LogP contribution in [0, 0.1) is 6.92 Å². The number of aryl methyl sites for hydroxylation is 5. The number of hydrogen-bond acceptors (Lipinski definition) is 12. The van der Waals surface area contributed by atoms with Gasteiger partial charge in [0.15, 0.2) is 57.8 Å². The van der Waals surface area contributed by atoms with E-state index in [0.717, 1.165) is 76.8 Å². The molecule has 0 bridgehead atoms. The number of allylic oxidation sites excluding steroid dienone is 21. The zero-order valence-electron chi connectivity index (χ0n) is 63.6. The summed E-state index contributed by atoms with van der Waals surface area (Å²) >= 11 is 0. The fraction of sp³-hybridized carbons (Fsp3) is 0.371. The van der Waals surface area contributed by atoms with Crippen LogP contribution < -0.4 is 0 Å². The van der Waals surface area contributed by atoms with Gasteiger partial charge in [-0.3, -0.25) is 52.9 Å². The van der Waals surface area contributed by atoms with E-state index in [9.17, 15) is 47.9 Å². The minimum absolute atomic E-state index is 0. The van der Waals surface area contributed by atoms with Crippen molar-refractivity contribution in [1.29, 1.82) is 0 Å². The molecule has 550 valence electrons. The number of imidazole rings is 1. The summed E-state index contributed by atoms with van der Waals surface area (Å²) in [5.74, 6) is 0.280. The predicted molar refractivity (Wildman–Crippen MR) is 419 cm³/mol. The first-order chi connectivity index (χ1) is 49.5. The smallest absolute Gasteiger partial charge is 0.185 e. The van der Waals surface area contributed by atoms with Crippen molar-refractivity contribution in [3.8, 4) is 0 Å². The monoisotopic (exact) mass is 1420 g/mol. The standard InChI is InChI=1S/C21H23NO2.C20H21NO2.2C16H19NO2.C15H18N2O2.CH4/c1-13-12-17-8-5-6-10-19(17)22(13)11-7-9-18-16(4)20(23)14(2)15(3)21(18)24;1-13-14(2)20(23)17(15(3)19(13)22)8-6-11-21-12-10-16-7-4-5-9-18(16)21;1-10-11(2)16(19)14(12(3)15(10)18)8-4-6-13-7-5-9-17-13;1-11-12(2)16(19)14(13(3)15(11)18)7-6-10-17-8-4-5-9-17;1-10-11(2)15(19)13(12(3)14(10)18)5-4-7-17-8-6-16-9-17;/h5-6,8,10,12H,7,9,11H2,1-4H3;4-5,7,9-10,12H,6,8,11H2,1-3H3;5,9H,4,6-8H2,1-3H3;4-5,8-9H,6-7,10H2,1-3H3;6,8-9H,4-5,7H2,1-3H3;1H4. The second-order valence-electron chi connectivity index (χ2n) is 27.9. The van der Waals surface area contributed by atoms with Gasteiger partial charge in [-0.05, 0) is 229 Å². The van der Waals surface area contributed by atoms with Crippen molar-refractivity contribution in [3.63, 3.8) is 0 Å². The molecule has 2 aromatic carbocycles. The number of carbonyl (C=O) groups excluding carboxylic acids is 10. The number of hydrogen-bond donors (Lipinski definition) is 0. The van der Waals surface area contributed by atoms with Crippen LogP contribution in [0.2, 0.25) is 0 Å². The lowest BCUT2D eigenvalue weighted by Crippen LogP contribution is -2.21. The summed E-state index contributed by atoms with van der Waals surface area (Å²) in [5, 5.41) is 2.46. The highest BCUT2D eigenvalue weighted by molar-refractivity contribution is 6.27. The number of ketones is 10. The molecule has 0 spiro atoms. The molecule has 0 saturated heterocycles. The zero-order valence-corrected chi connectivity index (χ0v) is 63.6. The van der Waals surface area contributed by atoms with E-state index in [1.165, 1.54) is 27.5 Å². The highest BCUT2D eigenvalue weighted by Gasteiger charge is 2.32. The van der Waals surface area contributed by atoms with E-state index in [-0.39, 0.29) is 65.3 Å². The lowest BCUT2D eigenvalue weighted by molar-refractivity contribution is -0.116. The summed E-state index contributed by atoms with van der Waals surface area (Å²) in [5.41, 5.74) is 17.3. The van der Waals surface area contributed by atoms with Crippen molar-refractivity contribution in [1.82, 2.24) is 23.3 Å². The second-order valence-corrected chi connectivity index (χ2v) is 27.9. The molecule has 0 radical (unpaired) electrons. The Kier molecular flexibility index (Phi) is 28.7. The average molecular weight is 1420 g/mol. The molecule has 16 nitrogen and oxygen atoms in total. The molecule has 16 heteroatoms. The van der Waals surface area contributed by atoms with Gasteiger partial charge in [0.2, 0.25) is 0 Å². The van der Waals surface area contributed by atoms with Gasteiger partial charge < -0.3 is 18.3 Å². The van der Waals surface area contributed by atoms with Crippen molar-refractivity contribution in [2.24, 2.45) is 4.99 Å². The van der Waals surface area contributed by atoms with Crippen LogP contribution in [0.4, 0.5) is 0 Å². The molecule has 0 N–H and O–H groups in total. The Morgan fingerprint density at radius 2 is 0.695 bits per heavy atom. The number of aromatic nitrogens is 5. The number of benzene rings is 2. The summed E-state index contributed by atoms with van der Waals surface area (Å²) in [4.78, 5) is 130. The number of Topliss-reactive ketones (excluding diaryl/α,β-unsaturated/α-hetero) is 10. The molecular formula is C89H104N6O10. The molecule has 105 heavy (non-hydrogen) atoms. The van der Waals surface area contributed by atoms with E-state index in [2.05, 4.69) is 73.2 Å². The summed E-state index contributed by atoms with van der Waals surface area (Å²) in [6, 6.07) is 24.8.